The van der Waals surface area contributed by atoms with Crippen LogP contribution in [0.2, 0.25) is 0 Å². The molecule has 0 saturated heterocycles. The number of aromatic nitrogens is 2. The van der Waals surface area contributed by atoms with Crippen LogP contribution in [0.25, 0.3) is 10.9 Å². The number of hydrogen-bond acceptors (Lipinski definition) is 5. The quantitative estimate of drug-likeness (QED) is 0.371. The van der Waals surface area contributed by atoms with Gasteiger partial charge in [0.25, 0.3) is 0 Å². The number of nitrogens with zero attached hydrogens (tertiary/aromatic N) is 2. The summed E-state index contributed by atoms with van der Waals surface area (Å²) < 4.78 is 26.1. The summed E-state index contributed by atoms with van der Waals surface area (Å²) in [6.45, 7) is 0.542. The summed E-state index contributed by atoms with van der Waals surface area (Å²) in [5, 5.41) is 3.65. The van der Waals surface area contributed by atoms with Crippen molar-refractivity contribution in [1.29, 1.82) is 0 Å². The molecule has 0 aliphatic carbocycles. The first-order valence-electron chi connectivity index (χ1n) is 8.92. The molecule has 0 aliphatic rings. The minimum atomic E-state index is -0.365. The van der Waals surface area contributed by atoms with Crippen LogP contribution in [0.1, 0.15) is 5.56 Å². The van der Waals surface area contributed by atoms with Crippen molar-refractivity contribution in [2.24, 2.45) is 0 Å². The average molecular weight is 454 g/mol. The highest BCUT2D eigenvalue weighted by molar-refractivity contribution is 9.10. The number of halogens is 2. The largest absolute Gasteiger partial charge is 0.489 e. The lowest BCUT2D eigenvalue weighted by Gasteiger charge is -2.11. The van der Waals surface area contributed by atoms with E-state index in [4.69, 9.17) is 9.47 Å². The Labute approximate surface area is 175 Å². The maximum Gasteiger partial charge on any atom is 0.226 e. The molecule has 1 aromatic heterocycles. The van der Waals surface area contributed by atoms with Crippen LogP contribution < -0.4 is 14.8 Å². The van der Waals surface area contributed by atoms with Gasteiger partial charge in [0.1, 0.15) is 24.5 Å². The van der Waals surface area contributed by atoms with Gasteiger partial charge in [-0.2, -0.15) is 0 Å². The van der Waals surface area contributed by atoms with Crippen LogP contribution >= 0.6 is 15.9 Å². The SMILES string of the molecule is Fc1cc(Br)ccc1NCOc1ncnc2cc(OCc3ccccc3)ccc12. The molecule has 0 unspecified atom stereocenters. The van der Waals surface area contributed by atoms with Crippen molar-refractivity contribution in [3.05, 3.63) is 88.9 Å². The second kappa shape index (κ2) is 8.87. The third-order valence-corrected chi connectivity index (χ3v) is 4.72. The van der Waals surface area contributed by atoms with Crippen molar-refractivity contribution in [2.75, 3.05) is 12.0 Å². The van der Waals surface area contributed by atoms with Crippen molar-refractivity contribution in [3.63, 3.8) is 0 Å². The zero-order valence-electron chi connectivity index (χ0n) is 15.3. The molecule has 0 fully saturated rings. The highest BCUT2D eigenvalue weighted by Gasteiger charge is 2.08. The lowest BCUT2D eigenvalue weighted by molar-refractivity contribution is 0.306. The molecule has 0 bridgehead atoms. The Bertz CT molecular complexity index is 1130. The molecular weight excluding hydrogens is 437 g/mol. The van der Waals surface area contributed by atoms with Crippen molar-refractivity contribution in [2.45, 2.75) is 6.61 Å². The first-order valence-corrected chi connectivity index (χ1v) is 9.71. The predicted molar refractivity (Wildman–Crippen MR) is 114 cm³/mol. The smallest absolute Gasteiger partial charge is 0.226 e. The van der Waals surface area contributed by atoms with Gasteiger partial charge in [-0.15, -0.1) is 0 Å². The minimum Gasteiger partial charge on any atom is -0.489 e. The van der Waals surface area contributed by atoms with E-state index in [1.165, 1.54) is 12.4 Å². The number of fused-ring (bicyclic) bond motifs is 1. The molecule has 1 heterocycles. The van der Waals surface area contributed by atoms with Gasteiger partial charge in [-0.3, -0.25) is 0 Å². The summed E-state index contributed by atoms with van der Waals surface area (Å²) in [4.78, 5) is 8.47. The maximum atomic E-state index is 13.9. The van der Waals surface area contributed by atoms with Crippen LogP contribution in [0.3, 0.4) is 0 Å². The highest BCUT2D eigenvalue weighted by atomic mass is 79.9. The summed E-state index contributed by atoms with van der Waals surface area (Å²) >= 11 is 3.23. The molecule has 7 heteroatoms. The number of nitrogens with one attached hydrogen (secondary N) is 1. The lowest BCUT2D eigenvalue weighted by atomic mass is 10.2. The Morgan fingerprint density at radius 2 is 1.79 bits per heavy atom. The van der Waals surface area contributed by atoms with Gasteiger partial charge in [0.2, 0.25) is 5.88 Å². The Morgan fingerprint density at radius 1 is 0.931 bits per heavy atom. The molecule has 0 radical (unpaired) electrons. The molecular formula is C22H17BrFN3O2. The second-order valence-corrected chi connectivity index (χ2v) is 7.14. The lowest BCUT2D eigenvalue weighted by Crippen LogP contribution is -2.11. The molecule has 0 amide bonds. The first kappa shape index (κ1) is 19.1. The molecule has 0 aliphatic heterocycles. The Hall–Kier alpha value is -3.19. The molecule has 3 aromatic carbocycles. The van der Waals surface area contributed by atoms with E-state index in [9.17, 15) is 4.39 Å². The van der Waals surface area contributed by atoms with E-state index in [-0.39, 0.29) is 12.5 Å². The van der Waals surface area contributed by atoms with E-state index in [2.05, 4.69) is 31.2 Å². The summed E-state index contributed by atoms with van der Waals surface area (Å²) in [5.41, 5.74) is 2.14. The predicted octanol–water partition coefficient (Wildman–Crippen LogP) is 5.56. The second-order valence-electron chi connectivity index (χ2n) is 6.22. The van der Waals surface area contributed by atoms with Crippen LogP contribution in [-0.2, 0) is 6.61 Å². The number of ether oxygens (including phenoxy) is 2. The average Bonchev–Trinajstić information content (AvgIpc) is 2.74. The van der Waals surface area contributed by atoms with Crippen molar-refractivity contribution in [3.8, 4) is 11.6 Å². The van der Waals surface area contributed by atoms with Gasteiger partial charge in [0, 0.05) is 10.5 Å². The van der Waals surface area contributed by atoms with Gasteiger partial charge >= 0.3 is 0 Å². The van der Waals surface area contributed by atoms with Gasteiger partial charge in [0.05, 0.1) is 16.6 Å². The topological polar surface area (TPSA) is 56.3 Å². The number of rotatable bonds is 7. The number of benzene rings is 3. The number of anilines is 1. The minimum absolute atomic E-state index is 0.0664. The zero-order chi connectivity index (χ0) is 20.1. The van der Waals surface area contributed by atoms with Gasteiger partial charge in [0.15, 0.2) is 6.73 Å². The fraction of sp³-hybridized carbons (Fsp3) is 0.0909. The number of hydrogen-bond donors (Lipinski definition) is 1. The Balaban J connectivity index is 1.43. The van der Waals surface area contributed by atoms with Gasteiger partial charge in [-0.25, -0.2) is 14.4 Å². The van der Waals surface area contributed by atoms with E-state index in [0.29, 0.717) is 33.9 Å². The summed E-state index contributed by atoms with van der Waals surface area (Å²) in [5.74, 6) is 0.756. The fourth-order valence-electron chi connectivity index (χ4n) is 2.77. The van der Waals surface area contributed by atoms with Crippen LogP contribution in [0.4, 0.5) is 10.1 Å². The third-order valence-electron chi connectivity index (χ3n) is 4.22. The molecule has 0 spiro atoms. The molecule has 5 nitrogen and oxygen atoms in total. The van der Waals surface area contributed by atoms with Crippen molar-refractivity contribution < 1.29 is 13.9 Å². The third kappa shape index (κ3) is 4.81. The Morgan fingerprint density at radius 3 is 2.62 bits per heavy atom. The standard InChI is InChI=1S/C22H17BrFN3O2/c23-16-6-9-20(19(24)10-16)27-14-29-22-18-8-7-17(11-21(18)25-13-26-22)28-12-15-4-2-1-3-5-15/h1-11,13,27H,12,14H2. The van der Waals surface area contributed by atoms with E-state index >= 15 is 0 Å². The van der Waals surface area contributed by atoms with Crippen LogP contribution in [0, 0.1) is 5.82 Å². The maximum absolute atomic E-state index is 13.9. The van der Waals surface area contributed by atoms with E-state index in [1.807, 2.05) is 48.5 Å². The van der Waals surface area contributed by atoms with E-state index < -0.39 is 0 Å². The fourth-order valence-corrected chi connectivity index (χ4v) is 3.11. The van der Waals surface area contributed by atoms with Crippen LogP contribution in [0.15, 0.2) is 77.5 Å². The van der Waals surface area contributed by atoms with Crippen LogP contribution in [0.5, 0.6) is 11.6 Å². The molecule has 146 valence electrons. The van der Waals surface area contributed by atoms with E-state index in [0.717, 1.165) is 10.9 Å². The van der Waals surface area contributed by atoms with Gasteiger partial charge in [-0.05, 0) is 35.9 Å². The zero-order valence-corrected chi connectivity index (χ0v) is 16.9. The van der Waals surface area contributed by atoms with Gasteiger partial charge in [-0.1, -0.05) is 46.3 Å². The molecule has 29 heavy (non-hydrogen) atoms. The summed E-state index contributed by atoms with van der Waals surface area (Å²) in [6, 6.07) is 20.3. The Kier molecular flexibility index (Phi) is 5.86. The summed E-state index contributed by atoms with van der Waals surface area (Å²) in [6.07, 6.45) is 1.43. The van der Waals surface area contributed by atoms with E-state index in [1.54, 1.807) is 12.1 Å². The molecule has 4 rings (SSSR count). The molecule has 0 atom stereocenters. The van der Waals surface area contributed by atoms with Crippen LogP contribution in [-0.4, -0.2) is 16.7 Å². The normalized spacial score (nSPS) is 10.7. The first-order chi connectivity index (χ1) is 14.2. The summed E-state index contributed by atoms with van der Waals surface area (Å²) in [7, 11) is 0. The van der Waals surface area contributed by atoms with Crippen molar-refractivity contribution >= 4 is 32.5 Å². The molecule has 4 aromatic rings. The van der Waals surface area contributed by atoms with Gasteiger partial charge < -0.3 is 14.8 Å². The highest BCUT2D eigenvalue weighted by Crippen LogP contribution is 2.26. The molecule has 1 N–H and O–H groups in total. The monoisotopic (exact) mass is 453 g/mol. The van der Waals surface area contributed by atoms with Crippen molar-refractivity contribution in [1.82, 2.24) is 9.97 Å². The molecule has 0 saturated carbocycles.